The van der Waals surface area contributed by atoms with Gasteiger partial charge in [-0.2, -0.15) is 0 Å². The van der Waals surface area contributed by atoms with E-state index < -0.39 is 30.1 Å². The number of phenols is 1. The van der Waals surface area contributed by atoms with Gasteiger partial charge in [0.2, 0.25) is 0 Å². The van der Waals surface area contributed by atoms with Crippen molar-refractivity contribution in [2.75, 3.05) is 0 Å². The lowest BCUT2D eigenvalue weighted by Gasteiger charge is -2.20. The second-order valence-electron chi connectivity index (χ2n) is 7.54. The summed E-state index contributed by atoms with van der Waals surface area (Å²) in [4.78, 5) is 25.0. The third-order valence-electron chi connectivity index (χ3n) is 5.36. The summed E-state index contributed by atoms with van der Waals surface area (Å²) in [6.45, 7) is 5.35. The van der Waals surface area contributed by atoms with Gasteiger partial charge >= 0.3 is 5.97 Å². The minimum absolute atomic E-state index is 0.00610. The van der Waals surface area contributed by atoms with E-state index in [0.717, 1.165) is 0 Å². The third-order valence-corrected chi connectivity index (χ3v) is 5.36. The van der Waals surface area contributed by atoms with Crippen LogP contribution in [0.4, 0.5) is 0 Å². The molecule has 0 unspecified atom stereocenters. The second kappa shape index (κ2) is 8.85. The standard InChI is InChI=1S/C23H26O7/c1-4-14-10-16-15-6-5-7-17(24)22(27)18(25)9-8-12(2)13(3)29-23(28)21(15)19(26)11-20(16)30-14/h5-6,8-13,17,22,24,26-27H,4,7H2,1-3H3/b6-5+,9-8-/t12-,13-,17-,22-/m0/s1. The molecule has 2 aromatic rings. The van der Waals surface area contributed by atoms with Crippen LogP contribution in [0.3, 0.4) is 0 Å². The van der Waals surface area contributed by atoms with Crippen LogP contribution < -0.4 is 0 Å². The van der Waals surface area contributed by atoms with Crippen molar-refractivity contribution in [2.24, 2.45) is 5.92 Å². The molecule has 1 aliphatic rings. The predicted molar refractivity (Wildman–Crippen MR) is 111 cm³/mol. The lowest BCUT2D eigenvalue weighted by atomic mass is 9.98. The van der Waals surface area contributed by atoms with Gasteiger partial charge in [0, 0.05) is 29.4 Å². The number of esters is 1. The van der Waals surface area contributed by atoms with E-state index in [1.807, 2.05) is 6.92 Å². The molecule has 1 aromatic heterocycles. The first-order chi connectivity index (χ1) is 14.2. The molecule has 1 aromatic carbocycles. The largest absolute Gasteiger partial charge is 0.507 e. The average Bonchev–Trinajstić information content (AvgIpc) is 3.12. The van der Waals surface area contributed by atoms with Crippen molar-refractivity contribution in [1.29, 1.82) is 0 Å². The number of benzene rings is 1. The minimum atomic E-state index is -1.57. The quantitative estimate of drug-likeness (QED) is 0.614. The molecule has 7 nitrogen and oxygen atoms in total. The molecule has 1 aliphatic heterocycles. The summed E-state index contributed by atoms with van der Waals surface area (Å²) in [6.07, 6.45) is 2.92. The normalized spacial score (nSPS) is 27.9. The second-order valence-corrected chi connectivity index (χ2v) is 7.54. The number of hydrogen-bond acceptors (Lipinski definition) is 7. The van der Waals surface area contributed by atoms with Crippen LogP contribution in [0, 0.1) is 5.92 Å². The maximum atomic E-state index is 12.9. The summed E-state index contributed by atoms with van der Waals surface area (Å²) in [5, 5.41) is 31.4. The zero-order chi connectivity index (χ0) is 22.0. The van der Waals surface area contributed by atoms with Crippen LogP contribution in [0.1, 0.15) is 48.9 Å². The number of hydrogen-bond donors (Lipinski definition) is 3. The highest BCUT2D eigenvalue weighted by molar-refractivity contribution is 6.04. The topological polar surface area (TPSA) is 117 Å². The van der Waals surface area contributed by atoms with Gasteiger partial charge in [0.25, 0.3) is 0 Å². The number of ketones is 1. The van der Waals surface area contributed by atoms with Crippen molar-refractivity contribution in [1.82, 2.24) is 0 Å². The summed E-state index contributed by atoms with van der Waals surface area (Å²) in [5.41, 5.74) is 0.800. The van der Waals surface area contributed by atoms with Crippen LogP contribution in [0.5, 0.6) is 5.75 Å². The number of aliphatic hydroxyl groups excluding tert-OH is 2. The van der Waals surface area contributed by atoms with Gasteiger partial charge in [0.15, 0.2) is 5.78 Å². The summed E-state index contributed by atoms with van der Waals surface area (Å²) in [5.74, 6) is -1.25. The Kier molecular flexibility index (Phi) is 6.43. The van der Waals surface area contributed by atoms with Gasteiger partial charge in [-0.15, -0.1) is 0 Å². The summed E-state index contributed by atoms with van der Waals surface area (Å²) in [7, 11) is 0. The van der Waals surface area contributed by atoms with E-state index in [1.165, 1.54) is 24.3 Å². The number of carbonyl (C=O) groups excluding carboxylic acids is 2. The number of aryl methyl sites for hydroxylation is 1. The molecule has 0 bridgehead atoms. The number of fused-ring (bicyclic) bond motifs is 3. The first-order valence-electron chi connectivity index (χ1n) is 9.97. The molecule has 160 valence electrons. The Morgan fingerprint density at radius 2 is 1.87 bits per heavy atom. The molecular weight excluding hydrogens is 388 g/mol. The van der Waals surface area contributed by atoms with Crippen molar-refractivity contribution in [3.63, 3.8) is 0 Å². The Morgan fingerprint density at radius 1 is 1.13 bits per heavy atom. The van der Waals surface area contributed by atoms with E-state index in [9.17, 15) is 24.9 Å². The van der Waals surface area contributed by atoms with Crippen molar-refractivity contribution < 1.29 is 34.1 Å². The number of aliphatic hydroxyl groups is 2. The monoisotopic (exact) mass is 414 g/mol. The molecule has 0 saturated carbocycles. The predicted octanol–water partition coefficient (Wildman–Crippen LogP) is 3.15. The number of phenolic OH excluding ortho intramolecular Hbond substituents is 1. The molecule has 0 amide bonds. The van der Waals surface area contributed by atoms with Crippen LogP contribution in [0.25, 0.3) is 17.0 Å². The molecule has 7 heteroatoms. The molecule has 30 heavy (non-hydrogen) atoms. The van der Waals surface area contributed by atoms with Crippen LogP contribution >= 0.6 is 0 Å². The van der Waals surface area contributed by atoms with Crippen LogP contribution in [-0.2, 0) is 16.0 Å². The summed E-state index contributed by atoms with van der Waals surface area (Å²) < 4.78 is 11.3. The van der Waals surface area contributed by atoms with Crippen LogP contribution in [0.15, 0.2) is 34.8 Å². The highest BCUT2D eigenvalue weighted by Gasteiger charge is 2.26. The van der Waals surface area contributed by atoms with Gasteiger partial charge in [-0.1, -0.05) is 32.1 Å². The Hall–Kier alpha value is -2.90. The fourth-order valence-corrected chi connectivity index (χ4v) is 3.29. The zero-order valence-electron chi connectivity index (χ0n) is 17.2. The SMILES string of the molecule is CCc1cc2c3c(c(O)cc2o1)C(=O)O[C@@H](C)[C@@H](C)/C=C\C(=O)[C@@H](O)[C@@H](O)C/C=C/3. The fraction of sp³-hybridized carbons (Fsp3) is 0.391. The van der Waals surface area contributed by atoms with Gasteiger partial charge in [-0.25, -0.2) is 4.79 Å². The fourth-order valence-electron chi connectivity index (χ4n) is 3.29. The number of furan rings is 1. The van der Waals surface area contributed by atoms with E-state index in [2.05, 4.69) is 0 Å². The van der Waals surface area contributed by atoms with Crippen LogP contribution in [-0.4, -0.2) is 45.4 Å². The Labute approximate surface area is 174 Å². The molecule has 0 radical (unpaired) electrons. The maximum absolute atomic E-state index is 12.9. The third kappa shape index (κ3) is 4.32. The van der Waals surface area contributed by atoms with E-state index in [0.29, 0.717) is 28.7 Å². The average molecular weight is 414 g/mol. The molecular formula is C23H26O7. The van der Waals surface area contributed by atoms with Crippen molar-refractivity contribution in [2.45, 2.75) is 51.9 Å². The highest BCUT2D eigenvalue weighted by Crippen LogP contribution is 2.35. The van der Waals surface area contributed by atoms with Gasteiger partial charge < -0.3 is 24.5 Å². The number of aromatic hydroxyl groups is 1. The van der Waals surface area contributed by atoms with Crippen LogP contribution in [0.2, 0.25) is 0 Å². The first kappa shape index (κ1) is 21.8. The minimum Gasteiger partial charge on any atom is -0.507 e. The van der Waals surface area contributed by atoms with E-state index in [1.54, 1.807) is 26.0 Å². The lowest BCUT2D eigenvalue weighted by Crippen LogP contribution is -2.32. The molecule has 4 atom stereocenters. The number of ether oxygens (including phenoxy) is 1. The van der Waals surface area contributed by atoms with E-state index >= 15 is 0 Å². The molecule has 0 spiro atoms. The van der Waals surface area contributed by atoms with E-state index in [-0.39, 0.29) is 23.7 Å². The molecule has 0 aliphatic carbocycles. The molecule has 0 saturated heterocycles. The highest BCUT2D eigenvalue weighted by atomic mass is 16.5. The molecule has 0 fully saturated rings. The molecule has 3 N–H and O–H groups in total. The Balaban J connectivity index is 2.15. The Bertz CT molecular complexity index is 1010. The number of carbonyl (C=O) groups is 2. The van der Waals surface area contributed by atoms with Gasteiger partial charge in [-0.3, -0.25) is 4.79 Å². The van der Waals surface area contributed by atoms with Crippen molar-refractivity contribution in [3.8, 4) is 5.75 Å². The first-order valence-corrected chi connectivity index (χ1v) is 9.97. The van der Waals surface area contributed by atoms with E-state index in [4.69, 9.17) is 9.15 Å². The van der Waals surface area contributed by atoms with Gasteiger partial charge in [0.1, 0.15) is 34.9 Å². The summed E-state index contributed by atoms with van der Waals surface area (Å²) in [6, 6.07) is 3.18. The van der Waals surface area contributed by atoms with Gasteiger partial charge in [-0.05, 0) is 25.5 Å². The summed E-state index contributed by atoms with van der Waals surface area (Å²) >= 11 is 0. The van der Waals surface area contributed by atoms with Crippen molar-refractivity contribution in [3.05, 3.63) is 47.2 Å². The Morgan fingerprint density at radius 3 is 2.57 bits per heavy atom. The van der Waals surface area contributed by atoms with Crippen molar-refractivity contribution >= 4 is 28.8 Å². The number of rotatable bonds is 1. The molecule has 2 heterocycles. The number of cyclic esters (lactones) is 1. The smallest absolute Gasteiger partial charge is 0.342 e. The zero-order valence-corrected chi connectivity index (χ0v) is 17.2. The maximum Gasteiger partial charge on any atom is 0.342 e. The lowest BCUT2D eigenvalue weighted by molar-refractivity contribution is -0.127. The van der Waals surface area contributed by atoms with Gasteiger partial charge in [0.05, 0.1) is 6.10 Å². The molecule has 3 rings (SSSR count).